The number of fused-ring (bicyclic) bond motifs is 1. The number of hydrogen-bond donors (Lipinski definition) is 1. The lowest BCUT2D eigenvalue weighted by Gasteiger charge is -2.15. The smallest absolute Gasteiger partial charge is 0.0761 e. The van der Waals surface area contributed by atoms with Crippen LogP contribution >= 0.6 is 54.8 Å². The molecule has 3 aromatic rings. The van der Waals surface area contributed by atoms with Crippen molar-refractivity contribution in [3.05, 3.63) is 66.2 Å². The second kappa shape index (κ2) is 5.78. The predicted octanol–water partition coefficient (Wildman–Crippen LogP) is 6.13. The monoisotopic (exact) mass is 429 g/mol. The summed E-state index contributed by atoms with van der Waals surface area (Å²) in [6.45, 7) is 0. The van der Waals surface area contributed by atoms with Crippen LogP contribution in [0, 0.1) is 0 Å². The molecule has 3 rings (SSSR count). The van der Waals surface area contributed by atoms with Crippen LogP contribution < -0.4 is 5.73 Å². The summed E-state index contributed by atoms with van der Waals surface area (Å²) in [5, 5.41) is 2.89. The topological polar surface area (TPSA) is 26.0 Å². The Balaban J connectivity index is 2.20. The number of nitrogens with two attached hydrogens (primary N) is 1. The number of benzene rings is 2. The Morgan fingerprint density at radius 1 is 1.00 bits per heavy atom. The van der Waals surface area contributed by atoms with E-state index in [1.54, 1.807) is 11.3 Å². The van der Waals surface area contributed by atoms with Gasteiger partial charge in [-0.25, -0.2) is 0 Å². The normalized spacial score (nSPS) is 12.8. The Bertz CT molecular complexity index is 785. The molecule has 0 aliphatic heterocycles. The van der Waals surface area contributed by atoms with Crippen molar-refractivity contribution in [2.24, 2.45) is 5.73 Å². The molecule has 2 N–H and O–H groups in total. The Labute approximate surface area is 143 Å². The molecule has 0 amide bonds. The highest BCUT2D eigenvalue weighted by molar-refractivity contribution is 9.12. The van der Waals surface area contributed by atoms with E-state index in [2.05, 4.69) is 44.0 Å². The van der Waals surface area contributed by atoms with Gasteiger partial charge in [-0.05, 0) is 60.5 Å². The fraction of sp³-hybridized carbons (Fsp3) is 0.0667. The molecular weight excluding hydrogens is 422 g/mol. The highest BCUT2D eigenvalue weighted by Crippen LogP contribution is 2.39. The van der Waals surface area contributed by atoms with Crippen LogP contribution in [-0.4, -0.2) is 0 Å². The van der Waals surface area contributed by atoms with Crippen LogP contribution in [0.5, 0.6) is 0 Å². The summed E-state index contributed by atoms with van der Waals surface area (Å²) in [5.41, 5.74) is 8.62. The van der Waals surface area contributed by atoms with Crippen LogP contribution in [0.15, 0.2) is 50.0 Å². The van der Waals surface area contributed by atoms with Gasteiger partial charge in [0, 0.05) is 10.4 Å². The fourth-order valence-corrected chi connectivity index (χ4v) is 5.45. The summed E-state index contributed by atoms with van der Waals surface area (Å²) in [5.74, 6) is 0. The summed E-state index contributed by atoms with van der Waals surface area (Å²) in [7, 11) is 0. The van der Waals surface area contributed by atoms with E-state index in [0.29, 0.717) is 0 Å². The minimum absolute atomic E-state index is 0.186. The molecule has 20 heavy (non-hydrogen) atoms. The third-order valence-corrected chi connectivity index (χ3v) is 5.97. The van der Waals surface area contributed by atoms with Gasteiger partial charge in [0.1, 0.15) is 0 Å². The molecule has 5 heteroatoms. The molecule has 0 bridgehead atoms. The molecule has 0 aliphatic rings. The summed E-state index contributed by atoms with van der Waals surface area (Å²) < 4.78 is 2.11. The van der Waals surface area contributed by atoms with Crippen LogP contribution in [0.4, 0.5) is 0 Å². The molecular formula is C15H10Br2ClNS. The highest BCUT2D eigenvalue weighted by Gasteiger charge is 2.18. The van der Waals surface area contributed by atoms with E-state index >= 15 is 0 Å². The molecule has 1 heterocycles. The standard InChI is InChI=1S/C15H10Br2ClNS/c16-13-7-11(15(17)20-13)14(19)10-5-6-12(18)9-4-2-1-3-8(9)10/h1-7,14H,19H2. The Morgan fingerprint density at radius 2 is 1.70 bits per heavy atom. The lowest BCUT2D eigenvalue weighted by atomic mass is 9.96. The van der Waals surface area contributed by atoms with Crippen LogP contribution in [0.2, 0.25) is 5.02 Å². The van der Waals surface area contributed by atoms with Crippen molar-refractivity contribution in [2.75, 3.05) is 0 Å². The predicted molar refractivity (Wildman–Crippen MR) is 94.7 cm³/mol. The highest BCUT2D eigenvalue weighted by atomic mass is 79.9. The number of rotatable bonds is 2. The fourth-order valence-electron chi connectivity index (χ4n) is 2.29. The summed E-state index contributed by atoms with van der Waals surface area (Å²) in [6.07, 6.45) is 0. The van der Waals surface area contributed by atoms with Crippen molar-refractivity contribution in [1.29, 1.82) is 0 Å². The summed E-state index contributed by atoms with van der Waals surface area (Å²) in [4.78, 5) is 0. The van der Waals surface area contributed by atoms with Gasteiger partial charge in [0.25, 0.3) is 0 Å². The molecule has 1 atom stereocenters. The maximum absolute atomic E-state index is 6.46. The summed E-state index contributed by atoms with van der Waals surface area (Å²) >= 11 is 15.0. The lowest BCUT2D eigenvalue weighted by Crippen LogP contribution is -2.12. The van der Waals surface area contributed by atoms with E-state index in [4.69, 9.17) is 17.3 Å². The van der Waals surface area contributed by atoms with Crippen LogP contribution in [-0.2, 0) is 0 Å². The molecule has 0 radical (unpaired) electrons. The minimum Gasteiger partial charge on any atom is -0.320 e. The van der Waals surface area contributed by atoms with Crippen molar-refractivity contribution >= 4 is 65.6 Å². The Hall–Kier alpha value is -0.390. The molecule has 1 aromatic heterocycles. The van der Waals surface area contributed by atoms with Gasteiger partial charge in [-0.15, -0.1) is 11.3 Å². The average molecular weight is 432 g/mol. The van der Waals surface area contributed by atoms with E-state index in [1.807, 2.05) is 30.3 Å². The van der Waals surface area contributed by atoms with Crippen molar-refractivity contribution in [3.8, 4) is 0 Å². The first kappa shape index (κ1) is 14.5. The van der Waals surface area contributed by atoms with E-state index < -0.39 is 0 Å². The first-order valence-electron chi connectivity index (χ1n) is 5.95. The third-order valence-electron chi connectivity index (χ3n) is 3.26. The van der Waals surface area contributed by atoms with Crippen LogP contribution in [0.3, 0.4) is 0 Å². The largest absolute Gasteiger partial charge is 0.320 e. The quantitative estimate of drug-likeness (QED) is 0.519. The van der Waals surface area contributed by atoms with Gasteiger partial charge in [-0.3, -0.25) is 0 Å². The SMILES string of the molecule is NC(c1cc(Br)sc1Br)c1ccc(Cl)c2ccccc12. The van der Waals surface area contributed by atoms with Crippen LogP contribution in [0.25, 0.3) is 10.8 Å². The minimum atomic E-state index is -0.186. The molecule has 0 saturated heterocycles. The zero-order valence-electron chi connectivity index (χ0n) is 10.2. The number of halogens is 3. The zero-order valence-corrected chi connectivity index (χ0v) is 15.0. The van der Waals surface area contributed by atoms with E-state index in [1.165, 1.54) is 0 Å². The van der Waals surface area contributed by atoms with Gasteiger partial charge in [-0.2, -0.15) is 0 Å². The molecule has 0 spiro atoms. The maximum atomic E-state index is 6.46. The van der Waals surface area contributed by atoms with Crippen molar-refractivity contribution in [3.63, 3.8) is 0 Å². The van der Waals surface area contributed by atoms with E-state index in [-0.39, 0.29) is 6.04 Å². The molecule has 0 aliphatic carbocycles. The maximum Gasteiger partial charge on any atom is 0.0761 e. The molecule has 1 unspecified atom stereocenters. The molecule has 0 fully saturated rings. The van der Waals surface area contributed by atoms with Gasteiger partial charge < -0.3 is 5.73 Å². The van der Waals surface area contributed by atoms with Crippen LogP contribution in [0.1, 0.15) is 17.2 Å². The van der Waals surface area contributed by atoms with Gasteiger partial charge >= 0.3 is 0 Å². The zero-order chi connectivity index (χ0) is 14.3. The molecule has 1 nitrogen and oxygen atoms in total. The van der Waals surface area contributed by atoms with Gasteiger partial charge in [0.2, 0.25) is 0 Å². The lowest BCUT2D eigenvalue weighted by molar-refractivity contribution is 0.881. The molecule has 0 saturated carbocycles. The number of hydrogen-bond acceptors (Lipinski definition) is 2. The first-order valence-corrected chi connectivity index (χ1v) is 8.73. The second-order valence-corrected chi connectivity index (χ2v) is 8.60. The second-order valence-electron chi connectivity index (χ2n) is 4.44. The molecule has 102 valence electrons. The Morgan fingerprint density at radius 3 is 2.35 bits per heavy atom. The Kier molecular flexibility index (Phi) is 4.20. The van der Waals surface area contributed by atoms with E-state index in [9.17, 15) is 0 Å². The average Bonchev–Trinajstić information content (AvgIpc) is 2.78. The van der Waals surface area contributed by atoms with Crippen molar-refractivity contribution in [1.82, 2.24) is 0 Å². The number of thiophene rings is 1. The van der Waals surface area contributed by atoms with Gasteiger partial charge in [0.05, 0.1) is 13.6 Å². The van der Waals surface area contributed by atoms with Gasteiger partial charge in [-0.1, -0.05) is 41.9 Å². The van der Waals surface area contributed by atoms with Crippen molar-refractivity contribution in [2.45, 2.75) is 6.04 Å². The van der Waals surface area contributed by atoms with Crippen molar-refractivity contribution < 1.29 is 0 Å². The summed E-state index contributed by atoms with van der Waals surface area (Å²) in [6, 6.07) is 13.9. The van der Waals surface area contributed by atoms with Gasteiger partial charge in [0.15, 0.2) is 0 Å². The third kappa shape index (κ3) is 2.55. The first-order chi connectivity index (χ1) is 9.58. The molecule has 2 aromatic carbocycles. The van der Waals surface area contributed by atoms with E-state index in [0.717, 1.165) is 34.5 Å².